The molecule has 2 saturated heterocycles. The molecule has 2 fully saturated rings. The monoisotopic (exact) mass is 538 g/mol. The Kier molecular flexibility index (Phi) is 9.51. The summed E-state index contributed by atoms with van der Waals surface area (Å²) in [6.45, 7) is 3.65. The Hall–Kier alpha value is -1.86. The van der Waals surface area contributed by atoms with E-state index >= 15 is 0 Å². The van der Waals surface area contributed by atoms with Gasteiger partial charge in [0.1, 0.15) is 0 Å². The minimum Gasteiger partial charge on any atom is -0.372 e. The van der Waals surface area contributed by atoms with Crippen LogP contribution in [0.1, 0.15) is 50.5 Å². The largest absolute Gasteiger partial charge is 0.446 e. The van der Waals surface area contributed by atoms with Crippen LogP contribution in [0.4, 0.5) is 18.9 Å². The second-order valence-corrected chi connectivity index (χ2v) is 11.6. The Morgan fingerprint density at radius 2 is 1.64 bits per heavy atom. The van der Waals surface area contributed by atoms with Crippen molar-refractivity contribution in [2.24, 2.45) is 11.8 Å². The predicted octanol–water partition coefficient (Wildman–Crippen LogP) is 7.82. The van der Waals surface area contributed by atoms with E-state index in [1.54, 1.807) is 24.3 Å². The summed E-state index contributed by atoms with van der Waals surface area (Å²) in [5.41, 5.74) is -2.00. The van der Waals surface area contributed by atoms with Gasteiger partial charge in [0.25, 0.3) is 0 Å². The van der Waals surface area contributed by atoms with Crippen molar-refractivity contribution >= 4 is 35.0 Å². The van der Waals surface area contributed by atoms with Crippen molar-refractivity contribution in [3.05, 3.63) is 59.1 Å². The van der Waals surface area contributed by atoms with Crippen molar-refractivity contribution < 1.29 is 18.0 Å². The molecule has 1 amide bonds. The Labute approximate surface area is 221 Å². The van der Waals surface area contributed by atoms with Gasteiger partial charge < -0.3 is 9.80 Å². The molecule has 0 unspecified atom stereocenters. The molecule has 0 radical (unpaired) electrons. The maximum absolute atomic E-state index is 12.9. The number of amides is 1. The van der Waals surface area contributed by atoms with Crippen LogP contribution in [0.3, 0.4) is 0 Å². The van der Waals surface area contributed by atoms with Crippen LogP contribution in [0.25, 0.3) is 0 Å². The molecular formula is C28H34ClF3N2OS. The summed E-state index contributed by atoms with van der Waals surface area (Å²) in [6, 6.07) is 14.7. The number of likely N-dealkylation sites (tertiary alicyclic amines) is 1. The molecule has 3 nitrogen and oxygen atoms in total. The average molecular weight is 539 g/mol. The number of hydrogen-bond donors (Lipinski definition) is 0. The van der Waals surface area contributed by atoms with Crippen LogP contribution < -0.4 is 4.90 Å². The van der Waals surface area contributed by atoms with E-state index < -0.39 is 5.51 Å². The van der Waals surface area contributed by atoms with Gasteiger partial charge in [-0.25, -0.2) is 0 Å². The van der Waals surface area contributed by atoms with Gasteiger partial charge >= 0.3 is 5.51 Å². The number of halogens is 4. The Bertz CT molecular complexity index is 976. The maximum Gasteiger partial charge on any atom is 0.446 e. The molecule has 0 aromatic heterocycles. The van der Waals surface area contributed by atoms with Gasteiger partial charge in [-0.15, -0.1) is 0 Å². The zero-order chi connectivity index (χ0) is 25.5. The lowest BCUT2D eigenvalue weighted by molar-refractivity contribution is -0.133. The number of thioether (sulfide) groups is 1. The van der Waals surface area contributed by atoms with Crippen molar-refractivity contribution in [3.63, 3.8) is 0 Å². The smallest absolute Gasteiger partial charge is 0.372 e. The number of carbonyl (C=O) groups is 1. The van der Waals surface area contributed by atoms with Gasteiger partial charge in [-0.05, 0) is 111 Å². The van der Waals surface area contributed by atoms with Crippen LogP contribution in [-0.2, 0) is 11.2 Å². The SMILES string of the molecule is O=C(CCCC1CCN(c2ccc(Cl)cc2)CC1)N1CCC[C@H](Cc2ccc(SC(F)(F)F)cc2)C1. The van der Waals surface area contributed by atoms with Crippen molar-refractivity contribution in [1.29, 1.82) is 0 Å². The Morgan fingerprint density at radius 1 is 0.944 bits per heavy atom. The van der Waals surface area contributed by atoms with Crippen LogP contribution in [-0.4, -0.2) is 42.5 Å². The van der Waals surface area contributed by atoms with Crippen molar-refractivity contribution in [1.82, 2.24) is 4.90 Å². The summed E-state index contributed by atoms with van der Waals surface area (Å²) in [6.07, 6.45) is 7.78. The molecule has 0 spiro atoms. The maximum atomic E-state index is 12.9. The van der Waals surface area contributed by atoms with Gasteiger partial charge in [0.2, 0.25) is 5.91 Å². The van der Waals surface area contributed by atoms with Gasteiger partial charge in [-0.3, -0.25) is 4.79 Å². The van der Waals surface area contributed by atoms with Crippen LogP contribution in [0.5, 0.6) is 0 Å². The molecular weight excluding hydrogens is 505 g/mol. The van der Waals surface area contributed by atoms with Crippen LogP contribution in [0.15, 0.2) is 53.4 Å². The first-order valence-corrected chi connectivity index (χ1v) is 14.1. The van der Waals surface area contributed by atoms with E-state index in [-0.39, 0.29) is 22.6 Å². The fraction of sp³-hybridized carbons (Fsp3) is 0.536. The number of piperidine rings is 2. The van der Waals surface area contributed by atoms with E-state index in [1.165, 1.54) is 5.69 Å². The fourth-order valence-corrected chi connectivity index (χ4v) is 6.12. The molecule has 0 bridgehead atoms. The standard InChI is InChI=1S/C28H34ClF3N2OS/c29-24-8-10-25(11-9-24)33-17-14-21(15-18-33)3-1-5-27(35)34-16-2-4-23(20-34)19-22-6-12-26(13-7-22)36-28(30,31)32/h6-13,21,23H,1-5,14-20H2/t23-/m1/s1. The zero-order valence-corrected chi connectivity index (χ0v) is 22.1. The minimum atomic E-state index is -4.26. The van der Waals surface area contributed by atoms with Crippen LogP contribution in [0, 0.1) is 11.8 Å². The lowest BCUT2D eigenvalue weighted by Crippen LogP contribution is -2.40. The predicted molar refractivity (Wildman–Crippen MR) is 142 cm³/mol. The molecule has 8 heteroatoms. The Balaban J connectivity index is 1.16. The summed E-state index contributed by atoms with van der Waals surface area (Å²) >= 11 is 5.92. The molecule has 0 saturated carbocycles. The lowest BCUT2D eigenvalue weighted by atomic mass is 9.90. The Morgan fingerprint density at radius 3 is 2.31 bits per heavy atom. The van der Waals surface area contributed by atoms with E-state index in [9.17, 15) is 18.0 Å². The fourth-order valence-electron chi connectivity index (χ4n) is 5.45. The normalized spacial score (nSPS) is 19.5. The molecule has 196 valence electrons. The highest BCUT2D eigenvalue weighted by Gasteiger charge is 2.29. The third-order valence-electron chi connectivity index (χ3n) is 7.36. The molecule has 2 aliphatic heterocycles. The topological polar surface area (TPSA) is 23.6 Å². The number of nitrogens with zero attached hydrogens (tertiary/aromatic N) is 2. The van der Waals surface area contributed by atoms with E-state index in [0.29, 0.717) is 18.3 Å². The summed E-state index contributed by atoms with van der Waals surface area (Å²) in [5.74, 6) is 1.28. The zero-order valence-electron chi connectivity index (χ0n) is 20.5. The van der Waals surface area contributed by atoms with Crippen molar-refractivity contribution in [3.8, 4) is 0 Å². The number of rotatable bonds is 8. The van der Waals surface area contributed by atoms with E-state index in [0.717, 1.165) is 81.7 Å². The molecule has 2 heterocycles. The second-order valence-electron chi connectivity index (χ2n) is 10.0. The van der Waals surface area contributed by atoms with Gasteiger partial charge in [0.05, 0.1) is 0 Å². The highest BCUT2D eigenvalue weighted by atomic mass is 35.5. The highest BCUT2D eigenvalue weighted by Crippen LogP contribution is 2.37. The minimum absolute atomic E-state index is 0.0827. The van der Waals surface area contributed by atoms with Gasteiger partial charge in [0, 0.05) is 48.2 Å². The quantitative estimate of drug-likeness (QED) is 0.320. The van der Waals surface area contributed by atoms with Gasteiger partial charge in [-0.1, -0.05) is 23.7 Å². The molecule has 2 aromatic carbocycles. The number of alkyl halides is 3. The van der Waals surface area contributed by atoms with Crippen LogP contribution >= 0.6 is 23.4 Å². The summed E-state index contributed by atoms with van der Waals surface area (Å²) in [7, 11) is 0. The molecule has 2 aromatic rings. The molecule has 0 aliphatic carbocycles. The number of hydrogen-bond acceptors (Lipinski definition) is 3. The summed E-state index contributed by atoms with van der Waals surface area (Å²) in [4.78, 5) is 17.5. The summed E-state index contributed by atoms with van der Waals surface area (Å²) in [5, 5.41) is 0.760. The van der Waals surface area contributed by atoms with Gasteiger partial charge in [0.15, 0.2) is 0 Å². The summed E-state index contributed by atoms with van der Waals surface area (Å²) < 4.78 is 37.6. The highest BCUT2D eigenvalue weighted by molar-refractivity contribution is 8.00. The van der Waals surface area contributed by atoms with Crippen molar-refractivity contribution in [2.75, 3.05) is 31.1 Å². The lowest BCUT2D eigenvalue weighted by Gasteiger charge is -2.34. The molecule has 1 atom stereocenters. The average Bonchev–Trinajstić information content (AvgIpc) is 2.85. The third-order valence-corrected chi connectivity index (χ3v) is 8.35. The first kappa shape index (κ1) is 27.2. The molecule has 0 N–H and O–H groups in total. The third kappa shape index (κ3) is 8.34. The molecule has 36 heavy (non-hydrogen) atoms. The first-order valence-electron chi connectivity index (χ1n) is 12.9. The van der Waals surface area contributed by atoms with E-state index in [1.807, 2.05) is 17.0 Å². The molecule has 2 aliphatic rings. The van der Waals surface area contributed by atoms with Crippen molar-refractivity contribution in [2.45, 2.75) is 61.8 Å². The number of benzene rings is 2. The number of anilines is 1. The van der Waals surface area contributed by atoms with E-state index in [2.05, 4.69) is 17.0 Å². The van der Waals surface area contributed by atoms with Crippen LogP contribution in [0.2, 0.25) is 5.02 Å². The van der Waals surface area contributed by atoms with Gasteiger partial charge in [-0.2, -0.15) is 13.2 Å². The first-order chi connectivity index (χ1) is 17.2. The second kappa shape index (κ2) is 12.6. The molecule has 4 rings (SSSR count). The number of carbonyl (C=O) groups excluding carboxylic acids is 1. The van der Waals surface area contributed by atoms with E-state index in [4.69, 9.17) is 11.6 Å².